The fourth-order valence-electron chi connectivity index (χ4n) is 10.9. The number of Topliss-reactive ketones (excluding diaryl/α,β-unsaturated/α-hetero) is 1. The molecule has 0 aromatic heterocycles. The van der Waals surface area contributed by atoms with Crippen LogP contribution in [0.2, 0.25) is 0 Å². The summed E-state index contributed by atoms with van der Waals surface area (Å²) in [6.07, 6.45) is -2.37. The van der Waals surface area contributed by atoms with E-state index in [1.54, 1.807) is 103 Å². The number of benzene rings is 4. The number of aryl methyl sites for hydroxylation is 2. The predicted molar refractivity (Wildman–Crippen MR) is 250 cm³/mol. The minimum atomic E-state index is -1.80. The van der Waals surface area contributed by atoms with Crippen molar-refractivity contribution in [2.75, 3.05) is 0 Å². The summed E-state index contributed by atoms with van der Waals surface area (Å²) in [6, 6.07) is 27.7. The van der Waals surface area contributed by atoms with Crippen molar-refractivity contribution in [3.05, 3.63) is 142 Å². The highest BCUT2D eigenvalue weighted by Gasteiger charge is 2.57. The van der Waals surface area contributed by atoms with Gasteiger partial charge < -0.3 is 33.7 Å². The third-order valence-electron chi connectivity index (χ3n) is 14.3. The SMILES string of the molecule is CC(=O)OC1CCCC2C(=O)CC3=C(C)C(OC(=O)C(OC(=O)Oc4cc(C)c5c(c4)CCC(C)O5)C(NC(=O)c4ccccc4)c4ccccc4)CC(C(OC(=O)c4ccccc4)C12)C3(C)C. The smallest absolute Gasteiger partial charge is 0.490 e. The molecule has 356 valence electrons. The van der Waals surface area contributed by atoms with Crippen molar-refractivity contribution in [2.24, 2.45) is 23.2 Å². The molecule has 4 aromatic carbocycles. The Kier molecular flexibility index (Phi) is 14.2. The third kappa shape index (κ3) is 10.2. The average molecular weight is 926 g/mol. The van der Waals surface area contributed by atoms with Crippen LogP contribution in [0.4, 0.5) is 4.79 Å². The van der Waals surface area contributed by atoms with E-state index in [2.05, 4.69) is 5.32 Å². The molecule has 0 spiro atoms. The highest BCUT2D eigenvalue weighted by Crippen LogP contribution is 2.55. The molecule has 1 aliphatic heterocycles. The monoisotopic (exact) mass is 925 g/mol. The van der Waals surface area contributed by atoms with Crippen LogP contribution in [-0.4, -0.2) is 66.3 Å². The standard InChI is InChI=1S/C55H59NO12/c1-31-27-39(28-38-26-25-32(2)63-48(31)38)65-54(62)68-50(47(35-17-10-7-11-18-35)56-51(59)36-19-12-8-13-20-36)53(61)66-45-30-42-49(67-52(60)37-21-14-9-15-22-37)46-40(23-16-24-44(46)64-34(4)57)43(58)29-41(33(45)3)55(42,5)6/h7-15,17-22,27-28,32,40,42,44-47,49-50H,16,23-26,29-30H2,1-6H3,(H,56,59). The van der Waals surface area contributed by atoms with Crippen LogP contribution in [0.15, 0.2) is 114 Å². The number of ketones is 1. The maximum atomic E-state index is 15.1. The van der Waals surface area contributed by atoms with E-state index in [-0.39, 0.29) is 30.5 Å². The van der Waals surface area contributed by atoms with Gasteiger partial charge >= 0.3 is 24.1 Å². The molecule has 1 amide bonds. The zero-order valence-corrected chi connectivity index (χ0v) is 39.4. The summed E-state index contributed by atoms with van der Waals surface area (Å²) in [7, 11) is 0. The van der Waals surface area contributed by atoms with E-state index < -0.39 is 83.6 Å². The number of rotatable bonds is 11. The van der Waals surface area contributed by atoms with Crippen LogP contribution in [0, 0.1) is 30.1 Å². The van der Waals surface area contributed by atoms with E-state index in [9.17, 15) is 24.0 Å². The molecule has 1 N–H and O–H groups in total. The second-order valence-electron chi connectivity index (χ2n) is 19.1. The number of esters is 3. The summed E-state index contributed by atoms with van der Waals surface area (Å²) in [6.45, 7) is 11.0. The molecular weight excluding hydrogens is 867 g/mol. The Labute approximate surface area is 396 Å². The van der Waals surface area contributed by atoms with Gasteiger partial charge in [0.25, 0.3) is 5.91 Å². The van der Waals surface area contributed by atoms with Gasteiger partial charge in [0, 0.05) is 36.7 Å². The van der Waals surface area contributed by atoms with Crippen LogP contribution in [-0.2, 0) is 39.8 Å². The van der Waals surface area contributed by atoms with E-state index in [0.29, 0.717) is 47.9 Å². The summed E-state index contributed by atoms with van der Waals surface area (Å²) < 4.78 is 36.9. The van der Waals surface area contributed by atoms with Crippen molar-refractivity contribution in [1.29, 1.82) is 0 Å². The lowest BCUT2D eigenvalue weighted by molar-refractivity contribution is -0.172. The first-order valence-corrected chi connectivity index (χ1v) is 23.5. The second-order valence-corrected chi connectivity index (χ2v) is 19.1. The first-order chi connectivity index (χ1) is 32.6. The molecule has 68 heavy (non-hydrogen) atoms. The zero-order valence-electron chi connectivity index (χ0n) is 39.4. The molecule has 2 saturated carbocycles. The lowest BCUT2D eigenvalue weighted by atomic mass is 9.55. The Hall–Kier alpha value is -6.76. The Morgan fingerprint density at radius 2 is 1.47 bits per heavy atom. The molecule has 4 aliphatic rings. The van der Waals surface area contributed by atoms with Crippen molar-refractivity contribution in [2.45, 2.75) is 123 Å². The van der Waals surface area contributed by atoms with E-state index in [4.69, 9.17) is 28.4 Å². The molecule has 3 aliphatic carbocycles. The van der Waals surface area contributed by atoms with Crippen LogP contribution in [0.25, 0.3) is 0 Å². The summed E-state index contributed by atoms with van der Waals surface area (Å²) in [5, 5.41) is 2.93. The molecule has 0 radical (unpaired) electrons. The molecule has 8 rings (SSSR count). The van der Waals surface area contributed by atoms with E-state index in [0.717, 1.165) is 28.9 Å². The lowest BCUT2D eigenvalue weighted by Crippen LogP contribution is -2.57. The van der Waals surface area contributed by atoms with Crippen LogP contribution in [0.3, 0.4) is 0 Å². The Balaban J connectivity index is 1.17. The summed E-state index contributed by atoms with van der Waals surface area (Å²) in [4.78, 5) is 84.5. The molecule has 9 unspecified atom stereocenters. The maximum Gasteiger partial charge on any atom is 0.514 e. The first-order valence-electron chi connectivity index (χ1n) is 23.5. The van der Waals surface area contributed by atoms with Crippen molar-refractivity contribution in [1.82, 2.24) is 5.32 Å². The molecule has 1 heterocycles. The van der Waals surface area contributed by atoms with Gasteiger partial charge in [0.05, 0.1) is 11.7 Å². The van der Waals surface area contributed by atoms with Crippen LogP contribution in [0.5, 0.6) is 11.5 Å². The van der Waals surface area contributed by atoms with Gasteiger partial charge in [0.15, 0.2) is 0 Å². The van der Waals surface area contributed by atoms with Gasteiger partial charge in [-0.15, -0.1) is 0 Å². The zero-order chi connectivity index (χ0) is 48.3. The van der Waals surface area contributed by atoms with Crippen LogP contribution in [0.1, 0.15) is 117 Å². The van der Waals surface area contributed by atoms with Gasteiger partial charge in [-0.05, 0) is 123 Å². The summed E-state index contributed by atoms with van der Waals surface area (Å²) >= 11 is 0. The fourth-order valence-corrected chi connectivity index (χ4v) is 10.9. The normalized spacial score (nSPS) is 24.7. The third-order valence-corrected chi connectivity index (χ3v) is 14.3. The number of nitrogens with one attached hydrogen (secondary N) is 1. The van der Waals surface area contributed by atoms with Crippen molar-refractivity contribution in [3.8, 4) is 11.5 Å². The van der Waals surface area contributed by atoms with Gasteiger partial charge in [-0.3, -0.25) is 14.4 Å². The average Bonchev–Trinajstić information content (AvgIpc) is 3.32. The minimum absolute atomic E-state index is 0.0335. The molecule has 0 saturated heterocycles. The number of hydrogen-bond acceptors (Lipinski definition) is 12. The van der Waals surface area contributed by atoms with Crippen molar-refractivity contribution >= 4 is 35.8 Å². The molecule has 2 fully saturated rings. The fraction of sp³-hybridized carbons (Fsp3) is 0.418. The van der Waals surface area contributed by atoms with Gasteiger partial charge in [-0.1, -0.05) is 86.2 Å². The maximum absolute atomic E-state index is 15.1. The van der Waals surface area contributed by atoms with E-state index in [1.807, 2.05) is 34.6 Å². The Bertz CT molecular complexity index is 2570. The molecule has 4 aromatic rings. The topological polar surface area (TPSA) is 170 Å². The minimum Gasteiger partial charge on any atom is -0.490 e. The van der Waals surface area contributed by atoms with Gasteiger partial charge in [-0.25, -0.2) is 14.4 Å². The number of allylic oxidation sites excluding steroid dienone is 1. The molecule has 9 atom stereocenters. The quantitative estimate of drug-likeness (QED) is 0.0655. The Morgan fingerprint density at radius 1 is 0.809 bits per heavy atom. The van der Waals surface area contributed by atoms with Crippen molar-refractivity contribution in [3.63, 3.8) is 0 Å². The van der Waals surface area contributed by atoms with Gasteiger partial charge in [0.2, 0.25) is 6.10 Å². The predicted octanol–water partition coefficient (Wildman–Crippen LogP) is 9.58. The van der Waals surface area contributed by atoms with E-state index >= 15 is 4.79 Å². The number of amides is 1. The first kappa shape index (κ1) is 47.7. The van der Waals surface area contributed by atoms with Crippen LogP contribution < -0.4 is 14.8 Å². The second kappa shape index (κ2) is 20.2. The van der Waals surface area contributed by atoms with E-state index in [1.165, 1.54) is 6.92 Å². The number of carbonyl (C=O) groups excluding carboxylic acids is 6. The van der Waals surface area contributed by atoms with Crippen molar-refractivity contribution < 1.29 is 57.2 Å². The molecule has 2 bridgehead atoms. The van der Waals surface area contributed by atoms with Gasteiger partial charge in [-0.2, -0.15) is 0 Å². The van der Waals surface area contributed by atoms with Crippen LogP contribution >= 0.6 is 0 Å². The summed E-state index contributed by atoms with van der Waals surface area (Å²) in [5.74, 6) is -3.63. The molecular formula is C55H59NO12. The number of hydrogen-bond donors (Lipinski definition) is 1. The Morgan fingerprint density at radius 3 is 2.15 bits per heavy atom. The number of fused-ring (bicyclic) bond motifs is 4. The highest BCUT2D eigenvalue weighted by atomic mass is 16.7. The largest absolute Gasteiger partial charge is 0.514 e. The molecule has 13 heteroatoms. The molecule has 13 nitrogen and oxygen atoms in total. The lowest BCUT2D eigenvalue weighted by Gasteiger charge is -2.53. The highest BCUT2D eigenvalue weighted by molar-refractivity contribution is 5.95. The summed E-state index contributed by atoms with van der Waals surface area (Å²) in [5.41, 5.74) is 3.27. The number of carbonyl (C=O) groups is 6. The number of ether oxygens (including phenoxy) is 6. The van der Waals surface area contributed by atoms with Gasteiger partial charge in [0.1, 0.15) is 41.6 Å².